The van der Waals surface area contributed by atoms with E-state index < -0.39 is 0 Å². The van der Waals surface area contributed by atoms with Gasteiger partial charge >= 0.3 is 0 Å². The van der Waals surface area contributed by atoms with Crippen LogP contribution in [0.4, 0.5) is 0 Å². The van der Waals surface area contributed by atoms with Gasteiger partial charge in [0.05, 0.1) is 17.1 Å². The van der Waals surface area contributed by atoms with Gasteiger partial charge in [0, 0.05) is 12.0 Å². The molecule has 2 fully saturated rings. The summed E-state index contributed by atoms with van der Waals surface area (Å²) < 4.78 is 7.61. The number of hydrogen-bond acceptors (Lipinski definition) is 4. The minimum absolute atomic E-state index is 0.0182. The summed E-state index contributed by atoms with van der Waals surface area (Å²) in [5, 5.41) is 5.99. The maximum Gasteiger partial charge on any atom is 0.258 e. The molecule has 2 amide bonds. The predicted molar refractivity (Wildman–Crippen MR) is 121 cm³/mol. The van der Waals surface area contributed by atoms with Crippen molar-refractivity contribution in [2.24, 2.45) is 0 Å². The first-order valence-corrected chi connectivity index (χ1v) is 11.3. The molecule has 3 aromatic rings. The molecule has 0 saturated heterocycles. The number of para-hydroxylation sites is 2. The van der Waals surface area contributed by atoms with E-state index in [2.05, 4.69) is 15.2 Å². The maximum atomic E-state index is 12.8. The highest BCUT2D eigenvalue weighted by molar-refractivity contribution is 5.81. The van der Waals surface area contributed by atoms with Crippen LogP contribution >= 0.6 is 0 Å². The number of imidazole rings is 1. The second-order valence-electron chi connectivity index (χ2n) is 8.81. The Kier molecular flexibility index (Phi) is 5.55. The van der Waals surface area contributed by atoms with Gasteiger partial charge in [0.2, 0.25) is 5.91 Å². The van der Waals surface area contributed by atoms with Gasteiger partial charge in [0.25, 0.3) is 5.91 Å². The molecule has 166 valence electrons. The Morgan fingerprint density at radius 1 is 1.06 bits per heavy atom. The third kappa shape index (κ3) is 4.77. The Morgan fingerprint density at radius 2 is 1.81 bits per heavy atom. The minimum Gasteiger partial charge on any atom is -0.484 e. The monoisotopic (exact) mass is 432 g/mol. The molecule has 32 heavy (non-hydrogen) atoms. The van der Waals surface area contributed by atoms with Gasteiger partial charge in [0.15, 0.2) is 6.61 Å². The molecular weight excluding hydrogens is 404 g/mol. The lowest BCUT2D eigenvalue weighted by Crippen LogP contribution is -2.31. The molecule has 0 radical (unpaired) electrons. The fourth-order valence-electron chi connectivity index (χ4n) is 3.93. The summed E-state index contributed by atoms with van der Waals surface area (Å²) in [6.45, 7) is 2.24. The molecule has 1 heterocycles. The number of nitrogens with zero attached hydrogens (tertiary/aromatic N) is 2. The Labute approximate surface area is 187 Å². The van der Waals surface area contributed by atoms with Crippen molar-refractivity contribution in [3.63, 3.8) is 0 Å². The van der Waals surface area contributed by atoms with E-state index in [1.807, 2.05) is 55.5 Å². The maximum absolute atomic E-state index is 12.8. The predicted octanol–water partition coefficient (Wildman–Crippen LogP) is 3.45. The fraction of sp³-hybridized carbons (Fsp3) is 0.400. The van der Waals surface area contributed by atoms with Gasteiger partial charge < -0.3 is 19.9 Å². The molecule has 1 unspecified atom stereocenters. The summed E-state index contributed by atoms with van der Waals surface area (Å²) in [7, 11) is 0. The van der Waals surface area contributed by atoms with Crippen molar-refractivity contribution in [3.05, 3.63) is 59.9 Å². The largest absolute Gasteiger partial charge is 0.484 e. The first-order chi connectivity index (χ1) is 15.6. The van der Waals surface area contributed by atoms with E-state index in [-0.39, 0.29) is 31.0 Å². The standard InChI is InChI=1S/C25H28N4O3/c1-16(17-8-12-20(13-9-17)32-15-24(31)27-19-10-11-19)26-23(30)14-29-22-5-3-2-4-21(22)28-25(29)18-6-7-18/h2-5,8-9,12-13,16,18-19H,6-7,10-11,14-15H2,1H3,(H,26,30)(H,27,31). The van der Waals surface area contributed by atoms with Crippen molar-refractivity contribution in [1.29, 1.82) is 0 Å². The van der Waals surface area contributed by atoms with Gasteiger partial charge in [-0.05, 0) is 62.4 Å². The fourth-order valence-corrected chi connectivity index (χ4v) is 3.93. The van der Waals surface area contributed by atoms with Gasteiger partial charge in [-0.15, -0.1) is 0 Å². The number of carbonyl (C=O) groups is 2. The lowest BCUT2D eigenvalue weighted by atomic mass is 10.1. The molecule has 0 bridgehead atoms. The number of aromatic nitrogens is 2. The van der Waals surface area contributed by atoms with E-state index in [0.717, 1.165) is 48.1 Å². The quantitative estimate of drug-likeness (QED) is 0.542. The van der Waals surface area contributed by atoms with Crippen LogP contribution in [0.15, 0.2) is 48.5 Å². The number of benzene rings is 2. The Morgan fingerprint density at radius 3 is 2.53 bits per heavy atom. The van der Waals surface area contributed by atoms with Crippen molar-refractivity contribution in [2.45, 2.75) is 57.2 Å². The van der Waals surface area contributed by atoms with Crippen LogP contribution in [-0.2, 0) is 16.1 Å². The average Bonchev–Trinajstić information content (AvgIpc) is 3.72. The third-order valence-corrected chi connectivity index (χ3v) is 6.00. The smallest absolute Gasteiger partial charge is 0.258 e. The second-order valence-corrected chi connectivity index (χ2v) is 8.81. The van der Waals surface area contributed by atoms with Crippen LogP contribution in [0.2, 0.25) is 0 Å². The van der Waals surface area contributed by atoms with Crippen LogP contribution in [0.3, 0.4) is 0 Å². The van der Waals surface area contributed by atoms with E-state index >= 15 is 0 Å². The van der Waals surface area contributed by atoms with Gasteiger partial charge in [0.1, 0.15) is 18.1 Å². The molecule has 2 aliphatic rings. The van der Waals surface area contributed by atoms with Crippen LogP contribution in [0, 0.1) is 0 Å². The number of nitrogens with one attached hydrogen (secondary N) is 2. The van der Waals surface area contributed by atoms with E-state index in [4.69, 9.17) is 9.72 Å². The molecule has 2 aliphatic carbocycles. The summed E-state index contributed by atoms with van der Waals surface area (Å²) in [5.74, 6) is 1.99. The molecule has 2 aromatic carbocycles. The van der Waals surface area contributed by atoms with Crippen LogP contribution in [0.5, 0.6) is 5.75 Å². The summed E-state index contributed by atoms with van der Waals surface area (Å²) in [6, 6.07) is 15.7. The molecule has 2 saturated carbocycles. The van der Waals surface area contributed by atoms with Crippen molar-refractivity contribution >= 4 is 22.8 Å². The van der Waals surface area contributed by atoms with E-state index in [0.29, 0.717) is 17.7 Å². The SMILES string of the molecule is CC(NC(=O)Cn1c(C2CC2)nc2ccccc21)c1ccc(OCC(=O)NC2CC2)cc1. The zero-order valence-electron chi connectivity index (χ0n) is 18.2. The minimum atomic E-state index is -0.145. The molecule has 7 nitrogen and oxygen atoms in total. The molecule has 0 aliphatic heterocycles. The highest BCUT2D eigenvalue weighted by Crippen LogP contribution is 2.40. The van der Waals surface area contributed by atoms with Crippen molar-refractivity contribution in [3.8, 4) is 5.75 Å². The van der Waals surface area contributed by atoms with Crippen LogP contribution in [0.1, 0.15) is 56.0 Å². The highest BCUT2D eigenvalue weighted by Gasteiger charge is 2.30. The molecule has 5 rings (SSSR count). The van der Waals surface area contributed by atoms with E-state index in [1.165, 1.54) is 0 Å². The summed E-state index contributed by atoms with van der Waals surface area (Å²) >= 11 is 0. The summed E-state index contributed by atoms with van der Waals surface area (Å²) in [4.78, 5) is 29.4. The van der Waals surface area contributed by atoms with Crippen molar-refractivity contribution in [2.75, 3.05) is 6.61 Å². The first-order valence-electron chi connectivity index (χ1n) is 11.3. The molecule has 1 aromatic heterocycles. The molecule has 0 spiro atoms. The Balaban J connectivity index is 1.18. The highest BCUT2D eigenvalue weighted by atomic mass is 16.5. The van der Waals surface area contributed by atoms with Crippen molar-refractivity contribution in [1.82, 2.24) is 20.2 Å². The molecule has 7 heteroatoms. The van der Waals surface area contributed by atoms with Gasteiger partial charge in [-0.25, -0.2) is 4.98 Å². The lowest BCUT2D eigenvalue weighted by molar-refractivity contribution is -0.123. The Bertz CT molecular complexity index is 1130. The zero-order valence-corrected chi connectivity index (χ0v) is 18.2. The number of ether oxygens (including phenoxy) is 1. The van der Waals surface area contributed by atoms with Crippen LogP contribution < -0.4 is 15.4 Å². The Hall–Kier alpha value is -3.35. The second kappa shape index (κ2) is 8.65. The lowest BCUT2D eigenvalue weighted by Gasteiger charge is -2.16. The molecule has 1 atom stereocenters. The number of amides is 2. The first kappa shape index (κ1) is 20.5. The van der Waals surface area contributed by atoms with Crippen molar-refractivity contribution < 1.29 is 14.3 Å². The summed E-state index contributed by atoms with van der Waals surface area (Å²) in [6.07, 6.45) is 4.39. The summed E-state index contributed by atoms with van der Waals surface area (Å²) in [5.41, 5.74) is 2.92. The molecular formula is C25H28N4O3. The van der Waals surface area contributed by atoms with Gasteiger partial charge in [-0.3, -0.25) is 9.59 Å². The van der Waals surface area contributed by atoms with Crippen LogP contribution in [-0.4, -0.2) is 34.0 Å². The third-order valence-electron chi connectivity index (χ3n) is 6.00. The molecule has 2 N–H and O–H groups in total. The van der Waals surface area contributed by atoms with Crippen LogP contribution in [0.25, 0.3) is 11.0 Å². The van der Waals surface area contributed by atoms with E-state index in [9.17, 15) is 9.59 Å². The van der Waals surface area contributed by atoms with Gasteiger partial charge in [-0.2, -0.15) is 0 Å². The van der Waals surface area contributed by atoms with Gasteiger partial charge in [-0.1, -0.05) is 24.3 Å². The van der Waals surface area contributed by atoms with E-state index in [1.54, 1.807) is 0 Å². The number of hydrogen-bond donors (Lipinski definition) is 2. The zero-order chi connectivity index (χ0) is 22.1. The number of carbonyl (C=O) groups excluding carboxylic acids is 2. The normalized spacial score (nSPS) is 16.5. The number of fused-ring (bicyclic) bond motifs is 1. The number of rotatable bonds is 9. The topological polar surface area (TPSA) is 85.2 Å². The average molecular weight is 433 g/mol.